The highest BCUT2D eigenvalue weighted by molar-refractivity contribution is 9.09. The minimum absolute atomic E-state index is 0.356. The summed E-state index contributed by atoms with van der Waals surface area (Å²) in [5, 5.41) is 1.05. The quantitative estimate of drug-likeness (QED) is 0.505. The Morgan fingerprint density at radius 2 is 2.17 bits per heavy atom. The molecule has 0 rings (SSSR count). The molecule has 0 fully saturated rings. The molecule has 0 N–H and O–H groups in total. The van der Waals surface area contributed by atoms with Gasteiger partial charge in [0.15, 0.2) is 0 Å². The van der Waals surface area contributed by atoms with Crippen molar-refractivity contribution in [2.45, 2.75) is 39.7 Å². The molecular formula is C10H19BrO. The molecule has 0 saturated carbocycles. The van der Waals surface area contributed by atoms with Crippen LogP contribution in [0.3, 0.4) is 0 Å². The largest absolute Gasteiger partial charge is 0.378 e. The summed E-state index contributed by atoms with van der Waals surface area (Å²) in [5.74, 6) is 0. The Morgan fingerprint density at radius 3 is 2.67 bits per heavy atom. The van der Waals surface area contributed by atoms with Crippen molar-refractivity contribution in [3.63, 3.8) is 0 Å². The van der Waals surface area contributed by atoms with E-state index in [-0.39, 0.29) is 0 Å². The second kappa shape index (κ2) is 7.81. The van der Waals surface area contributed by atoms with Crippen molar-refractivity contribution in [3.05, 3.63) is 11.6 Å². The average Bonchev–Trinajstić information content (AvgIpc) is 2.00. The van der Waals surface area contributed by atoms with E-state index in [2.05, 4.69) is 42.8 Å². The summed E-state index contributed by atoms with van der Waals surface area (Å²) < 4.78 is 5.44. The Kier molecular flexibility index (Phi) is 7.93. The van der Waals surface area contributed by atoms with Crippen molar-refractivity contribution >= 4 is 15.9 Å². The van der Waals surface area contributed by atoms with Crippen molar-refractivity contribution in [1.29, 1.82) is 0 Å². The first-order valence-corrected chi connectivity index (χ1v) is 5.62. The molecule has 0 radical (unpaired) electrons. The zero-order valence-electron chi connectivity index (χ0n) is 8.27. The zero-order chi connectivity index (χ0) is 9.40. The van der Waals surface area contributed by atoms with Gasteiger partial charge in [0, 0.05) is 5.33 Å². The molecule has 0 atom stereocenters. The Balaban J connectivity index is 3.36. The highest BCUT2D eigenvalue weighted by Crippen LogP contribution is 2.03. The molecule has 0 aliphatic heterocycles. The monoisotopic (exact) mass is 234 g/mol. The third kappa shape index (κ3) is 8.28. The van der Waals surface area contributed by atoms with Crippen LogP contribution in [0.15, 0.2) is 11.6 Å². The number of allylic oxidation sites excluding steroid dienone is 1. The second-order valence-electron chi connectivity index (χ2n) is 3.20. The van der Waals surface area contributed by atoms with Crippen LogP contribution in [0.5, 0.6) is 0 Å². The zero-order valence-corrected chi connectivity index (χ0v) is 9.86. The lowest BCUT2D eigenvalue weighted by atomic mass is 10.2. The Hall–Kier alpha value is 0.180. The first-order chi connectivity index (χ1) is 5.66. The maximum absolute atomic E-state index is 5.44. The first kappa shape index (κ1) is 12.2. The molecule has 0 aromatic rings. The SMILES string of the molecule is CC(=CCCBr)CCOC(C)C. The molecule has 0 aliphatic carbocycles. The van der Waals surface area contributed by atoms with E-state index in [1.807, 2.05) is 0 Å². The normalized spacial score (nSPS) is 12.6. The molecule has 0 unspecified atom stereocenters. The fourth-order valence-electron chi connectivity index (χ4n) is 0.859. The van der Waals surface area contributed by atoms with E-state index < -0.39 is 0 Å². The molecule has 0 aromatic heterocycles. The Bertz CT molecular complexity index is 130. The number of rotatable bonds is 6. The average molecular weight is 235 g/mol. The van der Waals surface area contributed by atoms with Crippen LogP contribution in [0.2, 0.25) is 0 Å². The number of hydrogen-bond donors (Lipinski definition) is 0. The van der Waals surface area contributed by atoms with Gasteiger partial charge in [0.2, 0.25) is 0 Å². The minimum atomic E-state index is 0.356. The summed E-state index contributed by atoms with van der Waals surface area (Å²) in [6.07, 6.45) is 4.80. The summed E-state index contributed by atoms with van der Waals surface area (Å²) in [4.78, 5) is 0. The predicted octanol–water partition coefficient (Wildman–Crippen LogP) is 3.53. The lowest BCUT2D eigenvalue weighted by molar-refractivity contribution is 0.0813. The van der Waals surface area contributed by atoms with Crippen LogP contribution < -0.4 is 0 Å². The van der Waals surface area contributed by atoms with E-state index >= 15 is 0 Å². The maximum atomic E-state index is 5.44. The summed E-state index contributed by atoms with van der Waals surface area (Å²) in [7, 11) is 0. The van der Waals surface area contributed by atoms with E-state index in [9.17, 15) is 0 Å². The van der Waals surface area contributed by atoms with Crippen molar-refractivity contribution in [2.24, 2.45) is 0 Å². The highest BCUT2D eigenvalue weighted by Gasteiger charge is 1.93. The smallest absolute Gasteiger partial charge is 0.0519 e. The summed E-state index contributed by atoms with van der Waals surface area (Å²) in [5.41, 5.74) is 1.43. The fraction of sp³-hybridized carbons (Fsp3) is 0.800. The summed E-state index contributed by atoms with van der Waals surface area (Å²) in [6.45, 7) is 7.14. The van der Waals surface area contributed by atoms with Crippen molar-refractivity contribution in [3.8, 4) is 0 Å². The van der Waals surface area contributed by atoms with Gasteiger partial charge in [-0.2, -0.15) is 0 Å². The fourth-order valence-corrected chi connectivity index (χ4v) is 1.09. The van der Waals surface area contributed by atoms with Gasteiger partial charge in [0.1, 0.15) is 0 Å². The molecule has 0 heterocycles. The van der Waals surface area contributed by atoms with Crippen LogP contribution in [0, 0.1) is 0 Å². The first-order valence-electron chi connectivity index (χ1n) is 4.50. The van der Waals surface area contributed by atoms with Crippen LogP contribution in [0.25, 0.3) is 0 Å². The third-order valence-electron chi connectivity index (χ3n) is 1.55. The van der Waals surface area contributed by atoms with E-state index in [1.54, 1.807) is 0 Å². The van der Waals surface area contributed by atoms with E-state index in [0.29, 0.717) is 6.10 Å². The van der Waals surface area contributed by atoms with Gasteiger partial charge in [0.05, 0.1) is 12.7 Å². The number of ether oxygens (including phenoxy) is 1. The number of halogens is 1. The molecule has 0 bridgehead atoms. The van der Waals surface area contributed by atoms with Crippen molar-refractivity contribution in [2.75, 3.05) is 11.9 Å². The van der Waals surface area contributed by atoms with E-state index in [4.69, 9.17) is 4.74 Å². The molecule has 2 heteroatoms. The van der Waals surface area contributed by atoms with Gasteiger partial charge < -0.3 is 4.74 Å². The highest BCUT2D eigenvalue weighted by atomic mass is 79.9. The van der Waals surface area contributed by atoms with Crippen LogP contribution >= 0.6 is 15.9 Å². The Labute approximate surface area is 84.3 Å². The van der Waals surface area contributed by atoms with E-state index in [1.165, 1.54) is 5.57 Å². The molecule has 0 aliphatic rings. The van der Waals surface area contributed by atoms with Gasteiger partial charge in [-0.15, -0.1) is 0 Å². The molecular weight excluding hydrogens is 216 g/mol. The van der Waals surface area contributed by atoms with Crippen molar-refractivity contribution < 1.29 is 4.74 Å². The Morgan fingerprint density at radius 1 is 1.50 bits per heavy atom. The molecule has 0 aromatic carbocycles. The lowest BCUT2D eigenvalue weighted by Gasteiger charge is -2.06. The van der Waals surface area contributed by atoms with Crippen LogP contribution in [0.4, 0.5) is 0 Å². The van der Waals surface area contributed by atoms with Gasteiger partial charge in [-0.05, 0) is 33.6 Å². The van der Waals surface area contributed by atoms with E-state index in [0.717, 1.165) is 24.8 Å². The summed E-state index contributed by atoms with van der Waals surface area (Å²) in [6, 6.07) is 0. The molecule has 72 valence electrons. The van der Waals surface area contributed by atoms with Gasteiger partial charge in [-0.25, -0.2) is 0 Å². The third-order valence-corrected chi connectivity index (χ3v) is 2.01. The maximum Gasteiger partial charge on any atom is 0.0519 e. The van der Waals surface area contributed by atoms with Gasteiger partial charge in [-0.1, -0.05) is 27.6 Å². The standard InChI is InChI=1S/C10H19BrO/c1-9(2)12-8-6-10(3)5-4-7-11/h5,9H,4,6-8H2,1-3H3. The predicted molar refractivity (Wildman–Crippen MR) is 57.9 cm³/mol. The van der Waals surface area contributed by atoms with Gasteiger partial charge in [0.25, 0.3) is 0 Å². The number of alkyl halides is 1. The van der Waals surface area contributed by atoms with Crippen LogP contribution in [-0.4, -0.2) is 18.0 Å². The topological polar surface area (TPSA) is 9.23 Å². The lowest BCUT2D eigenvalue weighted by Crippen LogP contribution is -2.03. The minimum Gasteiger partial charge on any atom is -0.378 e. The molecule has 0 spiro atoms. The second-order valence-corrected chi connectivity index (χ2v) is 3.99. The van der Waals surface area contributed by atoms with Crippen molar-refractivity contribution in [1.82, 2.24) is 0 Å². The molecule has 0 saturated heterocycles. The van der Waals surface area contributed by atoms with Gasteiger partial charge >= 0.3 is 0 Å². The van der Waals surface area contributed by atoms with Crippen LogP contribution in [-0.2, 0) is 4.74 Å². The van der Waals surface area contributed by atoms with Gasteiger partial charge in [-0.3, -0.25) is 0 Å². The summed E-state index contributed by atoms with van der Waals surface area (Å²) >= 11 is 3.39. The number of hydrogen-bond acceptors (Lipinski definition) is 1. The molecule has 12 heavy (non-hydrogen) atoms. The molecule has 1 nitrogen and oxygen atoms in total. The van der Waals surface area contributed by atoms with Crippen LogP contribution in [0.1, 0.15) is 33.6 Å². The molecule has 0 amide bonds.